The van der Waals surface area contributed by atoms with Crippen LogP contribution in [-0.2, 0) is 28.9 Å². The van der Waals surface area contributed by atoms with Gasteiger partial charge in [-0.15, -0.1) is 0 Å². The van der Waals surface area contributed by atoms with Crippen LogP contribution in [0.3, 0.4) is 0 Å². The number of methoxy groups -OCH3 is 2. The zero-order valence-electron chi connectivity index (χ0n) is 31.3. The van der Waals surface area contributed by atoms with Gasteiger partial charge in [-0.2, -0.15) is 5.26 Å². The molecule has 1 N–H and O–H groups in total. The van der Waals surface area contributed by atoms with Crippen molar-refractivity contribution < 1.29 is 32.7 Å². The van der Waals surface area contributed by atoms with Crippen LogP contribution in [0.1, 0.15) is 57.0 Å². The van der Waals surface area contributed by atoms with E-state index in [1.165, 1.54) is 16.8 Å². The second-order valence-corrected chi connectivity index (χ2v) is 15.1. The van der Waals surface area contributed by atoms with Gasteiger partial charge in [0.1, 0.15) is 34.9 Å². The third kappa shape index (κ3) is 7.74. The molecule has 0 bridgehead atoms. The molecule has 4 aromatic rings. The van der Waals surface area contributed by atoms with Crippen molar-refractivity contribution in [1.29, 1.82) is 5.26 Å². The summed E-state index contributed by atoms with van der Waals surface area (Å²) in [5.41, 5.74) is -0.890. The largest absolute Gasteiger partial charge is 0.497 e. The maximum absolute atomic E-state index is 13.3. The standard InChI is InChI=1S/C40H47N4O9P/c1-27(2)44(28(3)4)54(51-24-10-22-41)53-35-36-39(25-49-36,52-37(35)43-23-21-34(45)42-38(43)46)26-50-40(29-11-8-7-9-12-29,30-13-17-32(47-5)18-14-30)31-15-19-33(48-6)20-16-31/h7-9,11-21,23,27-28,35-37H,10,24-26H2,1-6H3,(H,42,45,46)/t35-,36+,37?,39-,54?/m1/s1. The molecule has 14 heteroatoms. The Morgan fingerprint density at radius 2 is 1.52 bits per heavy atom. The van der Waals surface area contributed by atoms with Crippen LogP contribution in [0.5, 0.6) is 11.5 Å². The molecule has 0 amide bonds. The third-order valence-corrected chi connectivity index (χ3v) is 11.8. The van der Waals surface area contributed by atoms with Gasteiger partial charge in [0.05, 0.1) is 46.5 Å². The summed E-state index contributed by atoms with van der Waals surface area (Å²) in [6, 6.07) is 28.8. The van der Waals surface area contributed by atoms with Gasteiger partial charge in [-0.05, 0) is 68.7 Å². The average molecular weight is 759 g/mol. The normalized spacial score (nSPS) is 21.4. The van der Waals surface area contributed by atoms with E-state index < -0.39 is 49.4 Å². The number of aromatic nitrogens is 2. The van der Waals surface area contributed by atoms with E-state index in [1.54, 1.807) is 14.2 Å². The molecule has 2 aliphatic rings. The van der Waals surface area contributed by atoms with Crippen LogP contribution in [0.4, 0.5) is 0 Å². The molecule has 2 saturated heterocycles. The van der Waals surface area contributed by atoms with E-state index in [1.807, 2.05) is 107 Å². The molecule has 54 heavy (non-hydrogen) atoms. The first-order valence-corrected chi connectivity index (χ1v) is 19.0. The Morgan fingerprint density at radius 1 is 0.926 bits per heavy atom. The first-order valence-electron chi connectivity index (χ1n) is 17.9. The molecule has 1 aromatic heterocycles. The fourth-order valence-electron chi connectivity index (χ4n) is 7.13. The molecule has 0 radical (unpaired) electrons. The van der Waals surface area contributed by atoms with Crippen LogP contribution in [0.25, 0.3) is 0 Å². The molecule has 2 fully saturated rings. The van der Waals surface area contributed by atoms with E-state index in [0.717, 1.165) is 16.7 Å². The fourth-order valence-corrected chi connectivity index (χ4v) is 8.86. The van der Waals surface area contributed by atoms with Gasteiger partial charge in [0, 0.05) is 24.3 Å². The van der Waals surface area contributed by atoms with Crippen molar-refractivity contribution >= 4 is 8.53 Å². The highest BCUT2D eigenvalue weighted by Crippen LogP contribution is 2.55. The smallest absolute Gasteiger partial charge is 0.330 e. The molecule has 2 unspecified atom stereocenters. The number of ether oxygens (including phenoxy) is 5. The predicted molar refractivity (Wildman–Crippen MR) is 202 cm³/mol. The molecule has 5 atom stereocenters. The Balaban J connectivity index is 1.44. The third-order valence-electron chi connectivity index (χ3n) is 9.67. The summed E-state index contributed by atoms with van der Waals surface area (Å²) in [7, 11) is 1.47. The van der Waals surface area contributed by atoms with Crippen LogP contribution in [0.2, 0.25) is 0 Å². The average Bonchev–Trinajstić information content (AvgIpc) is 3.36. The highest BCUT2D eigenvalue weighted by Gasteiger charge is 2.65. The lowest BCUT2D eigenvalue weighted by Gasteiger charge is -2.47. The Hall–Kier alpha value is -4.38. The minimum atomic E-state index is -1.77. The summed E-state index contributed by atoms with van der Waals surface area (Å²) in [4.78, 5) is 27.8. The molecule has 2 aliphatic heterocycles. The van der Waals surface area contributed by atoms with Crippen LogP contribution in [0, 0.1) is 11.3 Å². The molecule has 3 heterocycles. The van der Waals surface area contributed by atoms with Crippen LogP contribution >= 0.6 is 8.53 Å². The zero-order chi connectivity index (χ0) is 38.5. The second kappa shape index (κ2) is 17.0. The maximum atomic E-state index is 13.3. The lowest BCUT2D eigenvalue weighted by atomic mass is 9.79. The Labute approximate surface area is 316 Å². The van der Waals surface area contributed by atoms with E-state index >= 15 is 0 Å². The summed E-state index contributed by atoms with van der Waals surface area (Å²) < 4.78 is 48.0. The molecular formula is C40H47N4O9P. The SMILES string of the molecule is COc1ccc(C(OC[C@]23CO[C@H]2[C@@H](OP(OCCC#N)N(C(C)C)C(C)C)C(n2ccc(=O)[nH]c2=O)O3)(c2ccccc2)c2ccc(OC)cc2)cc1. The van der Waals surface area contributed by atoms with E-state index in [9.17, 15) is 14.9 Å². The van der Waals surface area contributed by atoms with Crippen molar-refractivity contribution in [2.45, 2.75) is 75.8 Å². The first-order chi connectivity index (χ1) is 26.1. The lowest BCUT2D eigenvalue weighted by Crippen LogP contribution is -2.62. The van der Waals surface area contributed by atoms with Gasteiger partial charge >= 0.3 is 5.69 Å². The van der Waals surface area contributed by atoms with Crippen LogP contribution < -0.4 is 20.7 Å². The van der Waals surface area contributed by atoms with Gasteiger partial charge in [0.2, 0.25) is 0 Å². The molecule has 286 valence electrons. The van der Waals surface area contributed by atoms with Gasteiger partial charge in [0.25, 0.3) is 14.1 Å². The zero-order valence-corrected chi connectivity index (χ0v) is 32.2. The number of rotatable bonds is 17. The minimum absolute atomic E-state index is 0.0182. The first kappa shape index (κ1) is 39.3. The Morgan fingerprint density at radius 3 is 2.02 bits per heavy atom. The number of H-pyrrole nitrogens is 1. The van der Waals surface area contributed by atoms with Crippen molar-refractivity contribution in [3.05, 3.63) is 129 Å². The number of hydrogen-bond acceptors (Lipinski definition) is 11. The van der Waals surface area contributed by atoms with E-state index in [2.05, 4.69) is 15.7 Å². The predicted octanol–water partition coefficient (Wildman–Crippen LogP) is 5.89. The van der Waals surface area contributed by atoms with E-state index in [-0.39, 0.29) is 38.3 Å². The van der Waals surface area contributed by atoms with Gasteiger partial charge < -0.3 is 32.7 Å². The van der Waals surface area contributed by atoms with Crippen LogP contribution in [0.15, 0.2) is 101 Å². The molecule has 0 aliphatic carbocycles. The number of benzene rings is 3. The monoisotopic (exact) mass is 758 g/mol. The Kier molecular flexibility index (Phi) is 12.4. The maximum Gasteiger partial charge on any atom is 0.330 e. The molecular weight excluding hydrogens is 711 g/mol. The molecule has 13 nitrogen and oxygen atoms in total. The lowest BCUT2D eigenvalue weighted by molar-refractivity contribution is -0.260. The summed E-state index contributed by atoms with van der Waals surface area (Å²) in [5.74, 6) is 1.39. The van der Waals surface area contributed by atoms with E-state index in [4.69, 9.17) is 32.7 Å². The molecule has 0 spiro atoms. The number of nitrogens with zero attached hydrogens (tertiary/aromatic N) is 3. The quantitative estimate of drug-likeness (QED) is 0.0782. The van der Waals surface area contributed by atoms with Crippen molar-refractivity contribution in [3.8, 4) is 17.6 Å². The molecule has 6 rings (SSSR count). The summed E-state index contributed by atoms with van der Waals surface area (Å²) in [5, 5.41) is 9.30. The second-order valence-electron chi connectivity index (χ2n) is 13.7. The van der Waals surface area contributed by atoms with Crippen molar-refractivity contribution in [1.82, 2.24) is 14.2 Å². The number of nitrogens with one attached hydrogen (secondary N) is 1. The number of hydrogen-bond donors (Lipinski definition) is 1. The van der Waals surface area contributed by atoms with Gasteiger partial charge in [-0.25, -0.2) is 9.46 Å². The van der Waals surface area contributed by atoms with Gasteiger partial charge in [-0.3, -0.25) is 14.3 Å². The van der Waals surface area contributed by atoms with Crippen molar-refractivity contribution in [3.63, 3.8) is 0 Å². The number of aromatic amines is 1. The number of fused-ring (bicyclic) bond motifs is 1. The van der Waals surface area contributed by atoms with Crippen molar-refractivity contribution in [2.75, 3.05) is 34.0 Å². The molecule has 3 aromatic carbocycles. The topological polar surface area (TPSA) is 146 Å². The van der Waals surface area contributed by atoms with Crippen molar-refractivity contribution in [2.24, 2.45) is 0 Å². The molecule has 0 saturated carbocycles. The van der Waals surface area contributed by atoms with E-state index in [0.29, 0.717) is 11.5 Å². The summed E-state index contributed by atoms with van der Waals surface area (Å²) >= 11 is 0. The highest BCUT2D eigenvalue weighted by molar-refractivity contribution is 7.44. The fraction of sp³-hybridized carbons (Fsp3) is 0.425. The number of nitriles is 1. The highest BCUT2D eigenvalue weighted by atomic mass is 31.2. The minimum Gasteiger partial charge on any atom is -0.497 e. The van der Waals surface area contributed by atoms with Gasteiger partial charge in [-0.1, -0.05) is 54.6 Å². The summed E-state index contributed by atoms with van der Waals surface area (Å²) in [6.45, 7) is 8.49. The van der Waals surface area contributed by atoms with Crippen LogP contribution in [-0.4, -0.2) is 78.2 Å². The Bertz CT molecular complexity index is 1940. The van der Waals surface area contributed by atoms with Gasteiger partial charge in [0.15, 0.2) is 6.23 Å². The summed E-state index contributed by atoms with van der Waals surface area (Å²) in [6.07, 6.45) is -1.03.